The van der Waals surface area contributed by atoms with Gasteiger partial charge in [0, 0.05) is 0 Å². The van der Waals surface area contributed by atoms with Crippen LogP contribution in [0.5, 0.6) is 11.1 Å². The largest absolute Gasteiger partial charge is 0.492 e. The fraction of sp³-hybridized carbons (Fsp3) is 0.600. The molecule has 0 saturated heterocycles. The van der Waals surface area contributed by atoms with E-state index in [0.29, 0.717) is 5.19 Å². The van der Waals surface area contributed by atoms with Crippen molar-refractivity contribution in [1.29, 1.82) is 5.26 Å². The van der Waals surface area contributed by atoms with Gasteiger partial charge in [0.15, 0.2) is 4.88 Å². The molecule has 1 heterocycles. The highest BCUT2D eigenvalue weighted by atomic mass is 32.1. The highest BCUT2D eigenvalue weighted by molar-refractivity contribution is 7.14. The minimum absolute atomic E-state index is 0.204. The minimum Gasteiger partial charge on any atom is -0.492 e. The topological polar surface area (TPSA) is 66.1 Å². The van der Waals surface area contributed by atoms with Crippen LogP contribution in [0.3, 0.4) is 0 Å². The zero-order chi connectivity index (χ0) is 10.7. The SMILES string of the molecule is N#Cc1sc(OC2CCCCC2)nc1O. The Kier molecular flexibility index (Phi) is 3.07. The van der Waals surface area contributed by atoms with Crippen LogP contribution in [-0.4, -0.2) is 16.2 Å². The summed E-state index contributed by atoms with van der Waals surface area (Å²) in [5.74, 6) is -0.215. The van der Waals surface area contributed by atoms with Crippen molar-refractivity contribution < 1.29 is 9.84 Å². The Morgan fingerprint density at radius 1 is 1.40 bits per heavy atom. The molecule has 0 atom stereocenters. The Morgan fingerprint density at radius 3 is 2.73 bits per heavy atom. The molecule has 0 aliphatic heterocycles. The molecule has 0 amide bonds. The molecule has 0 unspecified atom stereocenters. The molecule has 0 aromatic carbocycles. The average molecular weight is 224 g/mol. The third-order valence-electron chi connectivity index (χ3n) is 2.51. The lowest BCUT2D eigenvalue weighted by Crippen LogP contribution is -2.19. The Labute approximate surface area is 92.1 Å². The van der Waals surface area contributed by atoms with Crippen molar-refractivity contribution in [1.82, 2.24) is 4.98 Å². The summed E-state index contributed by atoms with van der Waals surface area (Å²) in [6.07, 6.45) is 5.94. The summed E-state index contributed by atoms with van der Waals surface area (Å²) in [5.41, 5.74) is 0. The second-order valence-electron chi connectivity index (χ2n) is 3.62. The maximum atomic E-state index is 9.26. The predicted molar refractivity (Wildman–Crippen MR) is 56.0 cm³/mol. The summed E-state index contributed by atoms with van der Waals surface area (Å²) in [7, 11) is 0. The smallest absolute Gasteiger partial charge is 0.278 e. The van der Waals surface area contributed by atoms with Crippen molar-refractivity contribution >= 4 is 11.3 Å². The molecule has 0 bridgehead atoms. The van der Waals surface area contributed by atoms with Crippen molar-refractivity contribution in [2.24, 2.45) is 0 Å². The standard InChI is InChI=1S/C10H12N2O2S/c11-6-8-9(13)12-10(15-8)14-7-4-2-1-3-5-7/h7,13H,1-5H2. The van der Waals surface area contributed by atoms with E-state index in [1.165, 1.54) is 19.3 Å². The summed E-state index contributed by atoms with van der Waals surface area (Å²) in [5, 5.41) is 18.3. The number of hydrogen-bond donors (Lipinski definition) is 1. The van der Waals surface area contributed by atoms with Gasteiger partial charge in [-0.3, -0.25) is 0 Å². The van der Waals surface area contributed by atoms with Crippen LogP contribution < -0.4 is 4.74 Å². The van der Waals surface area contributed by atoms with Crippen molar-refractivity contribution in [3.8, 4) is 17.1 Å². The van der Waals surface area contributed by atoms with E-state index in [4.69, 9.17) is 10.00 Å². The maximum Gasteiger partial charge on any atom is 0.278 e. The molecular formula is C10H12N2O2S. The zero-order valence-electron chi connectivity index (χ0n) is 8.27. The number of ether oxygens (including phenoxy) is 1. The summed E-state index contributed by atoms with van der Waals surface area (Å²) < 4.78 is 5.61. The van der Waals surface area contributed by atoms with Gasteiger partial charge in [0.2, 0.25) is 5.88 Å². The zero-order valence-corrected chi connectivity index (χ0v) is 9.09. The van der Waals surface area contributed by atoms with Crippen LogP contribution in [0, 0.1) is 11.3 Å². The van der Waals surface area contributed by atoms with Gasteiger partial charge >= 0.3 is 0 Å². The Bertz CT molecular complexity index is 377. The number of nitrogens with zero attached hydrogens (tertiary/aromatic N) is 2. The molecule has 1 saturated carbocycles. The lowest BCUT2D eigenvalue weighted by atomic mass is 9.98. The molecule has 1 aliphatic carbocycles. The summed E-state index contributed by atoms with van der Waals surface area (Å²) in [4.78, 5) is 4.03. The molecule has 1 aromatic heterocycles. The first-order valence-electron chi connectivity index (χ1n) is 5.06. The summed E-state index contributed by atoms with van der Waals surface area (Å²) in [6.45, 7) is 0. The Balaban J connectivity index is 2.01. The molecule has 80 valence electrons. The maximum absolute atomic E-state index is 9.26. The fourth-order valence-electron chi connectivity index (χ4n) is 1.74. The highest BCUT2D eigenvalue weighted by Crippen LogP contribution is 2.31. The van der Waals surface area contributed by atoms with Crippen LogP contribution in [0.4, 0.5) is 0 Å². The van der Waals surface area contributed by atoms with Crippen LogP contribution in [0.2, 0.25) is 0 Å². The molecule has 0 spiro atoms. The molecule has 1 fully saturated rings. The van der Waals surface area contributed by atoms with Crippen molar-refractivity contribution in [2.45, 2.75) is 38.2 Å². The first-order chi connectivity index (χ1) is 7.29. The van der Waals surface area contributed by atoms with Crippen molar-refractivity contribution in [2.75, 3.05) is 0 Å². The molecule has 1 N–H and O–H groups in total. The van der Waals surface area contributed by atoms with Gasteiger partial charge in [-0.05, 0) is 25.7 Å². The van der Waals surface area contributed by atoms with Crippen LogP contribution >= 0.6 is 11.3 Å². The summed E-state index contributed by atoms with van der Waals surface area (Å²) >= 11 is 1.11. The third kappa shape index (κ3) is 2.39. The average Bonchev–Trinajstić information content (AvgIpc) is 2.60. The van der Waals surface area contributed by atoms with Crippen LogP contribution in [0.15, 0.2) is 0 Å². The molecule has 1 aliphatic rings. The number of aromatic nitrogens is 1. The van der Waals surface area contributed by atoms with E-state index in [2.05, 4.69) is 4.98 Å². The molecule has 15 heavy (non-hydrogen) atoms. The molecule has 1 aromatic rings. The molecule has 4 nitrogen and oxygen atoms in total. The lowest BCUT2D eigenvalue weighted by molar-refractivity contribution is 0.153. The minimum atomic E-state index is -0.215. The Hall–Kier alpha value is -1.28. The van der Waals surface area contributed by atoms with E-state index in [1.807, 2.05) is 6.07 Å². The first kappa shape index (κ1) is 10.2. The first-order valence-corrected chi connectivity index (χ1v) is 5.88. The van der Waals surface area contributed by atoms with Crippen LogP contribution in [0.25, 0.3) is 0 Å². The molecule has 5 heteroatoms. The number of aromatic hydroxyl groups is 1. The number of rotatable bonds is 2. The molecule has 0 radical (unpaired) electrons. The van der Waals surface area contributed by atoms with Crippen molar-refractivity contribution in [3.63, 3.8) is 0 Å². The monoisotopic (exact) mass is 224 g/mol. The van der Waals surface area contributed by atoms with Gasteiger partial charge < -0.3 is 9.84 Å². The lowest BCUT2D eigenvalue weighted by Gasteiger charge is -2.20. The number of hydrogen-bond acceptors (Lipinski definition) is 5. The van der Waals surface area contributed by atoms with E-state index in [-0.39, 0.29) is 16.9 Å². The van der Waals surface area contributed by atoms with E-state index in [1.54, 1.807) is 0 Å². The van der Waals surface area contributed by atoms with Crippen LogP contribution in [0.1, 0.15) is 37.0 Å². The van der Waals surface area contributed by atoms with Gasteiger partial charge in [-0.1, -0.05) is 17.8 Å². The normalized spacial score (nSPS) is 17.3. The second kappa shape index (κ2) is 4.49. The number of thiazole rings is 1. The van der Waals surface area contributed by atoms with E-state index in [9.17, 15) is 5.11 Å². The predicted octanol–water partition coefficient (Wildman–Crippen LogP) is 2.43. The Morgan fingerprint density at radius 2 is 2.13 bits per heavy atom. The van der Waals surface area contributed by atoms with E-state index < -0.39 is 0 Å². The van der Waals surface area contributed by atoms with E-state index >= 15 is 0 Å². The van der Waals surface area contributed by atoms with Gasteiger partial charge in [0.05, 0.1) is 0 Å². The summed E-state index contributed by atoms with van der Waals surface area (Å²) in [6, 6.07) is 1.88. The second-order valence-corrected chi connectivity index (χ2v) is 4.58. The number of nitriles is 1. The molecule has 2 rings (SSSR count). The van der Waals surface area contributed by atoms with Gasteiger partial charge in [-0.15, -0.1) is 0 Å². The molecular weight excluding hydrogens is 212 g/mol. The highest BCUT2D eigenvalue weighted by Gasteiger charge is 2.18. The van der Waals surface area contributed by atoms with Crippen LogP contribution in [-0.2, 0) is 0 Å². The van der Waals surface area contributed by atoms with Gasteiger partial charge in [0.25, 0.3) is 5.19 Å². The van der Waals surface area contributed by atoms with Gasteiger partial charge in [-0.2, -0.15) is 10.2 Å². The van der Waals surface area contributed by atoms with Crippen molar-refractivity contribution in [3.05, 3.63) is 4.88 Å². The van der Waals surface area contributed by atoms with E-state index in [0.717, 1.165) is 24.2 Å². The third-order valence-corrected chi connectivity index (χ3v) is 3.35. The fourth-order valence-corrected chi connectivity index (χ4v) is 2.42. The quantitative estimate of drug-likeness (QED) is 0.837. The van der Waals surface area contributed by atoms with Gasteiger partial charge in [0.1, 0.15) is 12.2 Å². The van der Waals surface area contributed by atoms with Gasteiger partial charge in [-0.25, -0.2) is 0 Å².